The monoisotopic (exact) mass is 169 g/mol. The maximum absolute atomic E-state index is 4.00. The molecule has 0 fully saturated rings. The standard InChI is InChI=1S/C11H23N/c1-5-6-10(2)9-11(3)7-8-12-4/h8,10-11H,5-7,9H2,1-4H3/t10-,11?/m0/s1. The lowest BCUT2D eigenvalue weighted by atomic mass is 9.92. The number of hydrogen-bond donors (Lipinski definition) is 0. The Bertz CT molecular complexity index is 118. The smallest absolute Gasteiger partial charge is 0.0273 e. The SMILES string of the molecule is CCC[C@H](C)CC(C)CC=NC. The first-order valence-electron chi connectivity index (χ1n) is 5.11. The summed E-state index contributed by atoms with van der Waals surface area (Å²) in [6.07, 6.45) is 7.21. The lowest BCUT2D eigenvalue weighted by Crippen LogP contribution is -2.03. The third-order valence-electron chi connectivity index (χ3n) is 2.28. The van der Waals surface area contributed by atoms with E-state index in [0.29, 0.717) is 0 Å². The first-order chi connectivity index (χ1) is 5.70. The van der Waals surface area contributed by atoms with E-state index in [2.05, 4.69) is 25.8 Å². The molecule has 0 saturated carbocycles. The predicted octanol–water partition coefficient (Wildman–Crippen LogP) is 3.54. The minimum Gasteiger partial charge on any atom is -0.301 e. The lowest BCUT2D eigenvalue weighted by molar-refractivity contribution is 0.400. The summed E-state index contributed by atoms with van der Waals surface area (Å²) < 4.78 is 0. The Labute approximate surface area is 77.3 Å². The Kier molecular flexibility index (Phi) is 7.12. The molecule has 0 heterocycles. The molecule has 0 aromatic carbocycles. The fraction of sp³-hybridized carbons (Fsp3) is 0.909. The molecule has 0 aromatic rings. The molecule has 0 aromatic heterocycles. The molecule has 0 amide bonds. The van der Waals surface area contributed by atoms with Gasteiger partial charge >= 0.3 is 0 Å². The molecule has 0 aliphatic rings. The van der Waals surface area contributed by atoms with Crippen molar-refractivity contribution in [1.82, 2.24) is 0 Å². The van der Waals surface area contributed by atoms with E-state index in [4.69, 9.17) is 0 Å². The number of nitrogens with zero attached hydrogens (tertiary/aromatic N) is 1. The molecule has 0 N–H and O–H groups in total. The van der Waals surface area contributed by atoms with Gasteiger partial charge in [0.05, 0.1) is 0 Å². The van der Waals surface area contributed by atoms with Gasteiger partial charge < -0.3 is 4.99 Å². The summed E-state index contributed by atoms with van der Waals surface area (Å²) in [6.45, 7) is 6.92. The molecule has 0 bridgehead atoms. The molecule has 12 heavy (non-hydrogen) atoms. The molecule has 1 unspecified atom stereocenters. The van der Waals surface area contributed by atoms with E-state index >= 15 is 0 Å². The molecule has 0 radical (unpaired) electrons. The van der Waals surface area contributed by atoms with E-state index in [1.165, 1.54) is 19.3 Å². The first-order valence-corrected chi connectivity index (χ1v) is 5.11. The van der Waals surface area contributed by atoms with Crippen molar-refractivity contribution < 1.29 is 0 Å². The second-order valence-electron chi connectivity index (χ2n) is 3.91. The van der Waals surface area contributed by atoms with Crippen molar-refractivity contribution in [2.45, 2.75) is 46.5 Å². The van der Waals surface area contributed by atoms with Gasteiger partial charge in [0.25, 0.3) is 0 Å². The molecule has 2 atom stereocenters. The number of hydrogen-bond acceptors (Lipinski definition) is 1. The summed E-state index contributed by atoms with van der Waals surface area (Å²) >= 11 is 0. The van der Waals surface area contributed by atoms with Crippen LogP contribution in [0.1, 0.15) is 46.5 Å². The molecule has 0 aliphatic heterocycles. The van der Waals surface area contributed by atoms with Gasteiger partial charge in [-0.05, 0) is 30.9 Å². The largest absolute Gasteiger partial charge is 0.301 e. The minimum absolute atomic E-state index is 0.801. The lowest BCUT2D eigenvalue weighted by Gasteiger charge is -2.14. The molecule has 1 heteroatoms. The second-order valence-corrected chi connectivity index (χ2v) is 3.91. The zero-order valence-electron chi connectivity index (χ0n) is 9.01. The van der Waals surface area contributed by atoms with Crippen LogP contribution in [0.2, 0.25) is 0 Å². The minimum atomic E-state index is 0.801. The summed E-state index contributed by atoms with van der Waals surface area (Å²) in [4.78, 5) is 4.00. The molecule has 0 aliphatic carbocycles. The molecule has 0 saturated heterocycles. The Morgan fingerprint density at radius 2 is 1.92 bits per heavy atom. The van der Waals surface area contributed by atoms with Crippen LogP contribution in [0, 0.1) is 11.8 Å². The summed E-state index contributed by atoms with van der Waals surface area (Å²) in [5.74, 6) is 1.69. The topological polar surface area (TPSA) is 12.4 Å². The molecule has 72 valence electrons. The average molecular weight is 169 g/mol. The van der Waals surface area contributed by atoms with Crippen LogP contribution in [-0.2, 0) is 0 Å². The van der Waals surface area contributed by atoms with Crippen molar-refractivity contribution in [2.75, 3.05) is 7.05 Å². The van der Waals surface area contributed by atoms with Crippen LogP contribution >= 0.6 is 0 Å². The van der Waals surface area contributed by atoms with Gasteiger partial charge in [-0.2, -0.15) is 0 Å². The molecular weight excluding hydrogens is 146 g/mol. The van der Waals surface area contributed by atoms with Crippen LogP contribution in [0.4, 0.5) is 0 Å². The summed E-state index contributed by atoms with van der Waals surface area (Å²) in [6, 6.07) is 0. The van der Waals surface area contributed by atoms with E-state index in [-0.39, 0.29) is 0 Å². The van der Waals surface area contributed by atoms with Crippen molar-refractivity contribution >= 4 is 6.21 Å². The quantitative estimate of drug-likeness (QED) is 0.539. The summed E-state index contributed by atoms with van der Waals surface area (Å²) in [5.41, 5.74) is 0. The Hall–Kier alpha value is -0.330. The van der Waals surface area contributed by atoms with Gasteiger partial charge in [0.15, 0.2) is 0 Å². The van der Waals surface area contributed by atoms with Crippen molar-refractivity contribution in [3.8, 4) is 0 Å². The van der Waals surface area contributed by atoms with Gasteiger partial charge in [-0.15, -0.1) is 0 Å². The Morgan fingerprint density at radius 1 is 1.25 bits per heavy atom. The normalized spacial score (nSPS) is 16.7. The van der Waals surface area contributed by atoms with Crippen molar-refractivity contribution in [1.29, 1.82) is 0 Å². The maximum Gasteiger partial charge on any atom is 0.0273 e. The highest BCUT2D eigenvalue weighted by Gasteiger charge is 2.06. The van der Waals surface area contributed by atoms with Crippen molar-refractivity contribution in [3.05, 3.63) is 0 Å². The summed E-state index contributed by atoms with van der Waals surface area (Å²) in [5, 5.41) is 0. The van der Waals surface area contributed by atoms with E-state index in [9.17, 15) is 0 Å². The highest BCUT2D eigenvalue weighted by Crippen LogP contribution is 2.18. The van der Waals surface area contributed by atoms with Crippen molar-refractivity contribution in [2.24, 2.45) is 16.8 Å². The van der Waals surface area contributed by atoms with Gasteiger partial charge in [0.2, 0.25) is 0 Å². The van der Waals surface area contributed by atoms with Gasteiger partial charge in [0.1, 0.15) is 0 Å². The van der Waals surface area contributed by atoms with E-state index in [1.807, 2.05) is 13.3 Å². The average Bonchev–Trinajstić information content (AvgIpc) is 2.01. The van der Waals surface area contributed by atoms with Gasteiger partial charge in [-0.25, -0.2) is 0 Å². The third-order valence-corrected chi connectivity index (χ3v) is 2.28. The summed E-state index contributed by atoms with van der Waals surface area (Å²) in [7, 11) is 1.85. The van der Waals surface area contributed by atoms with Gasteiger partial charge in [-0.3, -0.25) is 0 Å². The highest BCUT2D eigenvalue weighted by molar-refractivity contribution is 5.57. The van der Waals surface area contributed by atoms with Gasteiger partial charge in [-0.1, -0.05) is 33.6 Å². The molecule has 1 nitrogen and oxygen atoms in total. The highest BCUT2D eigenvalue weighted by atomic mass is 14.6. The Balaban J connectivity index is 3.46. The third kappa shape index (κ3) is 6.38. The van der Waals surface area contributed by atoms with Crippen LogP contribution in [-0.4, -0.2) is 13.3 Å². The van der Waals surface area contributed by atoms with Crippen molar-refractivity contribution in [3.63, 3.8) is 0 Å². The van der Waals surface area contributed by atoms with Gasteiger partial charge in [0, 0.05) is 7.05 Å². The van der Waals surface area contributed by atoms with Crippen LogP contribution in [0.25, 0.3) is 0 Å². The number of aliphatic imine (C=N–C) groups is 1. The van der Waals surface area contributed by atoms with E-state index < -0.39 is 0 Å². The number of rotatable bonds is 6. The van der Waals surface area contributed by atoms with E-state index in [0.717, 1.165) is 18.3 Å². The fourth-order valence-corrected chi connectivity index (χ4v) is 1.68. The zero-order chi connectivity index (χ0) is 9.40. The zero-order valence-corrected chi connectivity index (χ0v) is 9.01. The Morgan fingerprint density at radius 3 is 2.42 bits per heavy atom. The maximum atomic E-state index is 4.00. The first kappa shape index (κ1) is 11.7. The van der Waals surface area contributed by atoms with Crippen LogP contribution in [0.3, 0.4) is 0 Å². The molecule has 0 rings (SSSR count). The van der Waals surface area contributed by atoms with Crippen LogP contribution in [0.5, 0.6) is 0 Å². The second kappa shape index (κ2) is 7.33. The van der Waals surface area contributed by atoms with Crippen LogP contribution in [0.15, 0.2) is 4.99 Å². The predicted molar refractivity (Wildman–Crippen MR) is 56.9 cm³/mol. The molecular formula is C11H23N. The van der Waals surface area contributed by atoms with Crippen LogP contribution < -0.4 is 0 Å². The molecule has 0 spiro atoms. The van der Waals surface area contributed by atoms with E-state index in [1.54, 1.807) is 0 Å². The fourth-order valence-electron chi connectivity index (χ4n) is 1.68.